The Bertz CT molecular complexity index is 759. The fourth-order valence-corrected chi connectivity index (χ4v) is 6.47. The fourth-order valence-electron chi connectivity index (χ4n) is 4.79. The van der Waals surface area contributed by atoms with Gasteiger partial charge in [0.2, 0.25) is 15.9 Å². The van der Waals surface area contributed by atoms with Gasteiger partial charge in [-0.15, -0.1) is 0 Å². The van der Waals surface area contributed by atoms with E-state index in [-0.39, 0.29) is 10.8 Å². The van der Waals surface area contributed by atoms with Crippen LogP contribution in [0.15, 0.2) is 35.2 Å². The molecule has 3 rings (SSSR count). The van der Waals surface area contributed by atoms with Crippen molar-refractivity contribution in [1.82, 2.24) is 14.5 Å². The number of hydrogen-bond donors (Lipinski definition) is 1. The zero-order chi connectivity index (χ0) is 20.9. The first-order valence-electron chi connectivity index (χ1n) is 10.9. The molecule has 1 N–H and O–H groups in total. The quantitative estimate of drug-likeness (QED) is 0.688. The number of sulfonamides is 1. The van der Waals surface area contributed by atoms with E-state index in [1.807, 2.05) is 0 Å². The molecule has 7 heteroatoms. The van der Waals surface area contributed by atoms with Gasteiger partial charge < -0.3 is 10.2 Å². The average Bonchev–Trinajstić information content (AvgIpc) is 2.71. The van der Waals surface area contributed by atoms with Crippen LogP contribution in [0.25, 0.3) is 0 Å². The molecular formula is C22H35N3O3S. The van der Waals surface area contributed by atoms with Crippen LogP contribution in [-0.2, 0) is 14.8 Å². The van der Waals surface area contributed by atoms with Crippen LogP contribution in [0.4, 0.5) is 0 Å². The molecule has 1 aromatic carbocycles. The van der Waals surface area contributed by atoms with E-state index in [4.69, 9.17) is 0 Å². The van der Waals surface area contributed by atoms with Crippen LogP contribution in [0.5, 0.6) is 0 Å². The Kier molecular flexibility index (Phi) is 7.71. The van der Waals surface area contributed by atoms with Crippen LogP contribution in [0, 0.1) is 11.8 Å². The van der Waals surface area contributed by atoms with Crippen molar-refractivity contribution in [1.29, 1.82) is 0 Å². The van der Waals surface area contributed by atoms with Gasteiger partial charge in [0.25, 0.3) is 0 Å². The third kappa shape index (κ3) is 5.80. The third-order valence-electron chi connectivity index (χ3n) is 6.00. The number of carbonyl (C=O) groups is 1. The number of likely N-dealkylation sites (tertiary alicyclic amines) is 1. The Morgan fingerprint density at radius 3 is 2.48 bits per heavy atom. The maximum absolute atomic E-state index is 13.0. The highest BCUT2D eigenvalue weighted by molar-refractivity contribution is 7.89. The van der Waals surface area contributed by atoms with Crippen molar-refractivity contribution in [3.8, 4) is 0 Å². The number of piperidine rings is 2. The summed E-state index contributed by atoms with van der Waals surface area (Å²) in [5, 5.41) is 3.00. The molecule has 29 heavy (non-hydrogen) atoms. The molecule has 2 saturated heterocycles. The predicted molar refractivity (Wildman–Crippen MR) is 115 cm³/mol. The highest BCUT2D eigenvalue weighted by Gasteiger charge is 2.37. The predicted octanol–water partition coefficient (Wildman–Crippen LogP) is 2.71. The molecule has 0 spiro atoms. The Morgan fingerprint density at radius 1 is 1.10 bits per heavy atom. The second-order valence-corrected chi connectivity index (χ2v) is 10.7. The summed E-state index contributed by atoms with van der Waals surface area (Å²) in [5.41, 5.74) is 0. The summed E-state index contributed by atoms with van der Waals surface area (Å²) in [6.07, 6.45) is 4.44. The lowest BCUT2D eigenvalue weighted by Gasteiger charge is -2.35. The molecule has 3 atom stereocenters. The van der Waals surface area contributed by atoms with Crippen molar-refractivity contribution in [3.05, 3.63) is 30.3 Å². The number of carbonyl (C=O) groups excluding carboxylic acids is 1. The van der Waals surface area contributed by atoms with Crippen molar-refractivity contribution in [2.24, 2.45) is 11.8 Å². The van der Waals surface area contributed by atoms with Gasteiger partial charge in [-0.1, -0.05) is 38.5 Å². The Balaban J connectivity index is 1.53. The Hall–Kier alpha value is -1.44. The van der Waals surface area contributed by atoms with Gasteiger partial charge in [0.15, 0.2) is 0 Å². The smallest absolute Gasteiger partial charge is 0.243 e. The van der Waals surface area contributed by atoms with Gasteiger partial charge in [-0.3, -0.25) is 4.79 Å². The first-order chi connectivity index (χ1) is 13.9. The standard InChI is InChI=1S/C22H35N3O3S/c1-18-15-19(2)17-24(16-18)13-8-12-23-22(26)21-11-6-7-14-25(21)29(27,28)20-9-4-3-5-10-20/h3-5,9-10,18-19,21H,6-8,11-17H2,1-2H3,(H,23,26). The summed E-state index contributed by atoms with van der Waals surface area (Å²) in [5.74, 6) is 1.30. The van der Waals surface area contributed by atoms with Gasteiger partial charge in [-0.25, -0.2) is 8.42 Å². The molecule has 6 nitrogen and oxygen atoms in total. The van der Waals surface area contributed by atoms with Crippen LogP contribution in [0.2, 0.25) is 0 Å². The van der Waals surface area contributed by atoms with Crippen molar-refractivity contribution >= 4 is 15.9 Å². The molecule has 0 radical (unpaired) electrons. The Morgan fingerprint density at radius 2 is 1.79 bits per heavy atom. The third-order valence-corrected chi connectivity index (χ3v) is 7.92. The van der Waals surface area contributed by atoms with E-state index in [9.17, 15) is 13.2 Å². The number of amides is 1. The highest BCUT2D eigenvalue weighted by Crippen LogP contribution is 2.25. The summed E-state index contributed by atoms with van der Waals surface area (Å²) in [4.78, 5) is 15.6. The molecule has 0 bridgehead atoms. The summed E-state index contributed by atoms with van der Waals surface area (Å²) < 4.78 is 27.5. The van der Waals surface area contributed by atoms with E-state index in [1.54, 1.807) is 30.3 Å². The van der Waals surface area contributed by atoms with Crippen LogP contribution >= 0.6 is 0 Å². The summed E-state index contributed by atoms with van der Waals surface area (Å²) in [7, 11) is -3.65. The molecule has 2 heterocycles. The van der Waals surface area contributed by atoms with Gasteiger partial charge >= 0.3 is 0 Å². The molecule has 162 valence electrons. The summed E-state index contributed by atoms with van der Waals surface area (Å²) in [6, 6.07) is 7.81. The number of hydrogen-bond acceptors (Lipinski definition) is 4. The minimum Gasteiger partial charge on any atom is -0.355 e. The van der Waals surface area contributed by atoms with E-state index >= 15 is 0 Å². The first kappa shape index (κ1) is 22.2. The topological polar surface area (TPSA) is 69.7 Å². The molecule has 2 aliphatic rings. The van der Waals surface area contributed by atoms with Crippen molar-refractivity contribution in [2.75, 3.05) is 32.7 Å². The maximum atomic E-state index is 13.0. The van der Waals surface area contributed by atoms with Crippen LogP contribution < -0.4 is 5.32 Å². The summed E-state index contributed by atoms with van der Waals surface area (Å²) in [6.45, 7) is 8.83. The molecule has 2 aliphatic heterocycles. The largest absolute Gasteiger partial charge is 0.355 e. The second kappa shape index (κ2) is 10.0. The minimum atomic E-state index is -3.65. The van der Waals surface area contributed by atoms with Crippen molar-refractivity contribution in [2.45, 2.75) is 56.9 Å². The first-order valence-corrected chi connectivity index (χ1v) is 12.4. The molecule has 3 unspecified atom stereocenters. The van der Waals surface area contributed by atoms with E-state index in [2.05, 4.69) is 24.1 Å². The molecule has 0 aliphatic carbocycles. The maximum Gasteiger partial charge on any atom is 0.243 e. The normalized spacial score (nSPS) is 26.9. The van der Waals surface area contributed by atoms with Crippen molar-refractivity contribution < 1.29 is 13.2 Å². The molecule has 0 saturated carbocycles. The van der Waals surface area contributed by atoms with Crippen LogP contribution in [0.1, 0.15) is 46.0 Å². The van der Waals surface area contributed by atoms with E-state index < -0.39 is 16.1 Å². The minimum absolute atomic E-state index is 0.162. The van der Waals surface area contributed by atoms with Crippen molar-refractivity contribution in [3.63, 3.8) is 0 Å². The lowest BCUT2D eigenvalue weighted by Crippen LogP contribution is -2.52. The molecule has 2 fully saturated rings. The number of nitrogens with zero attached hydrogens (tertiary/aromatic N) is 2. The van der Waals surface area contributed by atoms with Crippen LogP contribution in [0.3, 0.4) is 0 Å². The number of rotatable bonds is 7. The van der Waals surface area contributed by atoms with Crippen LogP contribution in [-0.4, -0.2) is 62.3 Å². The lowest BCUT2D eigenvalue weighted by molar-refractivity contribution is -0.125. The van der Waals surface area contributed by atoms with Gasteiger partial charge in [-0.2, -0.15) is 4.31 Å². The van der Waals surface area contributed by atoms with E-state index in [0.29, 0.717) is 19.5 Å². The average molecular weight is 422 g/mol. The zero-order valence-corrected chi connectivity index (χ0v) is 18.5. The molecule has 0 aromatic heterocycles. The van der Waals surface area contributed by atoms with Gasteiger partial charge in [-0.05, 0) is 56.2 Å². The zero-order valence-electron chi connectivity index (χ0n) is 17.7. The molecular weight excluding hydrogens is 386 g/mol. The lowest BCUT2D eigenvalue weighted by atomic mass is 9.92. The highest BCUT2D eigenvalue weighted by atomic mass is 32.2. The van der Waals surface area contributed by atoms with Gasteiger partial charge in [0, 0.05) is 26.2 Å². The Labute approximate surface area is 175 Å². The fraction of sp³-hybridized carbons (Fsp3) is 0.682. The van der Waals surface area contributed by atoms with Gasteiger partial charge in [0.05, 0.1) is 4.90 Å². The molecule has 1 aromatic rings. The second-order valence-electron chi connectivity index (χ2n) is 8.79. The monoisotopic (exact) mass is 421 g/mol. The van der Waals surface area contributed by atoms with E-state index in [1.165, 1.54) is 10.7 Å². The van der Waals surface area contributed by atoms with E-state index in [0.717, 1.165) is 50.7 Å². The SMILES string of the molecule is CC1CC(C)CN(CCCNC(=O)C2CCCCN2S(=O)(=O)c2ccccc2)C1. The number of nitrogens with one attached hydrogen (secondary N) is 1. The van der Waals surface area contributed by atoms with Gasteiger partial charge in [0.1, 0.15) is 6.04 Å². The number of benzene rings is 1. The summed E-state index contributed by atoms with van der Waals surface area (Å²) >= 11 is 0. The molecule has 1 amide bonds.